The summed E-state index contributed by atoms with van der Waals surface area (Å²) in [5.74, 6) is 1.22. The number of nitrogens with zero attached hydrogens (tertiary/aromatic N) is 2. The fourth-order valence-electron chi connectivity index (χ4n) is 3.82. The van der Waals surface area contributed by atoms with Crippen LogP contribution in [0.1, 0.15) is 45.4 Å². The third-order valence-corrected chi connectivity index (χ3v) is 5.39. The lowest BCUT2D eigenvalue weighted by atomic mass is 9.86. The number of carbonyl (C=O) groups excluding carboxylic acids is 1. The minimum absolute atomic E-state index is 0.0532. The van der Waals surface area contributed by atoms with Gasteiger partial charge in [-0.2, -0.15) is 0 Å². The Bertz CT molecular complexity index is 343. The van der Waals surface area contributed by atoms with E-state index in [1.165, 1.54) is 19.4 Å². The fourth-order valence-corrected chi connectivity index (χ4v) is 3.82. The number of hydrogen-bond donors (Lipinski definition) is 2. The summed E-state index contributed by atoms with van der Waals surface area (Å²) in [7, 11) is 1.91. The van der Waals surface area contributed by atoms with Crippen LogP contribution >= 0.6 is 0 Å². The van der Waals surface area contributed by atoms with Gasteiger partial charge in [0.15, 0.2) is 0 Å². The Morgan fingerprint density at radius 3 is 2.64 bits per heavy atom. The van der Waals surface area contributed by atoms with E-state index in [1.807, 2.05) is 11.9 Å². The van der Waals surface area contributed by atoms with E-state index in [4.69, 9.17) is 0 Å². The third kappa shape index (κ3) is 5.13. The Kier molecular flexibility index (Phi) is 6.96. The number of aliphatic hydroxyl groups is 1. The first kappa shape index (κ1) is 17.5. The fraction of sp³-hybridized carbons (Fsp3) is 0.941. The maximum atomic E-state index is 12.2. The topological polar surface area (TPSA) is 55.8 Å². The van der Waals surface area contributed by atoms with Crippen LogP contribution in [0.3, 0.4) is 0 Å². The number of rotatable bonds is 5. The molecule has 1 aliphatic carbocycles. The van der Waals surface area contributed by atoms with Crippen LogP contribution in [0.2, 0.25) is 0 Å². The molecule has 0 aromatic heterocycles. The monoisotopic (exact) mass is 311 g/mol. The van der Waals surface area contributed by atoms with Crippen molar-refractivity contribution in [1.82, 2.24) is 15.1 Å². The SMILES string of the molecule is CC1CCCN(CCNC(=O)N(C)C2CCC(CO)CC2)C1. The molecule has 2 amide bonds. The molecule has 2 rings (SSSR count). The highest BCUT2D eigenvalue weighted by Crippen LogP contribution is 2.26. The molecule has 2 aliphatic rings. The molecule has 1 heterocycles. The molecule has 1 aliphatic heterocycles. The molecule has 5 heteroatoms. The molecule has 128 valence electrons. The predicted octanol–water partition coefficient (Wildman–Crippen LogP) is 1.91. The van der Waals surface area contributed by atoms with E-state index in [1.54, 1.807) is 0 Å². The molecular weight excluding hydrogens is 278 g/mol. The normalized spacial score (nSPS) is 30.0. The summed E-state index contributed by atoms with van der Waals surface area (Å²) in [6, 6.07) is 0.385. The van der Waals surface area contributed by atoms with E-state index in [0.29, 0.717) is 12.0 Å². The standard InChI is InChI=1S/C17H33N3O2/c1-14-4-3-10-20(12-14)11-9-18-17(22)19(2)16-7-5-15(13-21)6-8-16/h14-16,21H,3-13H2,1-2H3,(H,18,22). The molecule has 1 atom stereocenters. The van der Waals surface area contributed by atoms with E-state index >= 15 is 0 Å². The molecule has 22 heavy (non-hydrogen) atoms. The summed E-state index contributed by atoms with van der Waals surface area (Å²) in [4.78, 5) is 16.6. The number of hydrogen-bond acceptors (Lipinski definition) is 3. The van der Waals surface area contributed by atoms with E-state index < -0.39 is 0 Å². The van der Waals surface area contributed by atoms with E-state index in [2.05, 4.69) is 17.1 Å². The van der Waals surface area contributed by atoms with Crippen molar-refractivity contribution in [1.29, 1.82) is 0 Å². The maximum absolute atomic E-state index is 12.2. The van der Waals surface area contributed by atoms with Crippen LogP contribution in [0.5, 0.6) is 0 Å². The average Bonchev–Trinajstić information content (AvgIpc) is 2.54. The van der Waals surface area contributed by atoms with Gasteiger partial charge < -0.3 is 20.2 Å². The predicted molar refractivity (Wildman–Crippen MR) is 88.8 cm³/mol. The van der Waals surface area contributed by atoms with Gasteiger partial charge in [-0.05, 0) is 56.9 Å². The second-order valence-corrected chi connectivity index (χ2v) is 7.25. The highest BCUT2D eigenvalue weighted by atomic mass is 16.3. The van der Waals surface area contributed by atoms with Gasteiger partial charge >= 0.3 is 6.03 Å². The lowest BCUT2D eigenvalue weighted by Crippen LogP contribution is -2.47. The second kappa shape index (κ2) is 8.73. The van der Waals surface area contributed by atoms with E-state index in [9.17, 15) is 9.90 Å². The molecular formula is C17H33N3O2. The Labute approximate surface area is 135 Å². The first-order chi connectivity index (χ1) is 10.6. The highest BCUT2D eigenvalue weighted by molar-refractivity contribution is 5.74. The van der Waals surface area contributed by atoms with Gasteiger partial charge in [-0.3, -0.25) is 0 Å². The first-order valence-corrected chi connectivity index (χ1v) is 8.94. The zero-order chi connectivity index (χ0) is 15.9. The molecule has 0 aromatic carbocycles. The van der Waals surface area contributed by atoms with Crippen molar-refractivity contribution >= 4 is 6.03 Å². The molecule has 1 unspecified atom stereocenters. The number of piperidine rings is 1. The Hall–Kier alpha value is -0.810. The van der Waals surface area contributed by atoms with Crippen molar-refractivity contribution in [3.63, 3.8) is 0 Å². The van der Waals surface area contributed by atoms with Crippen LogP contribution < -0.4 is 5.32 Å². The van der Waals surface area contributed by atoms with Gasteiger partial charge in [-0.25, -0.2) is 4.79 Å². The quantitative estimate of drug-likeness (QED) is 0.815. The molecule has 2 N–H and O–H groups in total. The van der Waals surface area contributed by atoms with Gasteiger partial charge in [-0.1, -0.05) is 6.92 Å². The van der Waals surface area contributed by atoms with Crippen LogP contribution in [-0.4, -0.2) is 66.8 Å². The Morgan fingerprint density at radius 1 is 1.27 bits per heavy atom. The zero-order valence-electron chi connectivity index (χ0n) is 14.3. The molecule has 1 saturated heterocycles. The number of nitrogens with one attached hydrogen (secondary N) is 1. The lowest BCUT2D eigenvalue weighted by molar-refractivity contribution is 0.132. The number of aliphatic hydroxyl groups excluding tert-OH is 1. The van der Waals surface area contributed by atoms with Crippen LogP contribution in [0.4, 0.5) is 4.79 Å². The van der Waals surface area contributed by atoms with Crippen LogP contribution in [-0.2, 0) is 0 Å². The smallest absolute Gasteiger partial charge is 0.317 e. The summed E-state index contributed by atoms with van der Waals surface area (Å²) >= 11 is 0. The summed E-state index contributed by atoms with van der Waals surface area (Å²) in [5, 5.41) is 12.2. The van der Waals surface area contributed by atoms with Crippen molar-refractivity contribution in [2.75, 3.05) is 39.8 Å². The minimum atomic E-state index is 0.0532. The zero-order valence-corrected chi connectivity index (χ0v) is 14.3. The van der Waals surface area contributed by atoms with Gasteiger partial charge in [0, 0.05) is 39.3 Å². The number of amides is 2. The molecule has 1 saturated carbocycles. The largest absolute Gasteiger partial charge is 0.396 e. The van der Waals surface area contributed by atoms with Crippen molar-refractivity contribution in [3.05, 3.63) is 0 Å². The Morgan fingerprint density at radius 2 is 2.00 bits per heavy atom. The first-order valence-electron chi connectivity index (χ1n) is 8.94. The maximum Gasteiger partial charge on any atom is 0.317 e. The minimum Gasteiger partial charge on any atom is -0.396 e. The van der Waals surface area contributed by atoms with Gasteiger partial charge in [0.1, 0.15) is 0 Å². The van der Waals surface area contributed by atoms with Gasteiger partial charge in [-0.15, -0.1) is 0 Å². The number of urea groups is 1. The van der Waals surface area contributed by atoms with Crippen molar-refractivity contribution in [3.8, 4) is 0 Å². The summed E-state index contributed by atoms with van der Waals surface area (Å²) in [5.41, 5.74) is 0. The van der Waals surface area contributed by atoms with Gasteiger partial charge in [0.25, 0.3) is 0 Å². The molecule has 0 spiro atoms. The molecule has 5 nitrogen and oxygen atoms in total. The van der Waals surface area contributed by atoms with Gasteiger partial charge in [0.05, 0.1) is 0 Å². The molecule has 2 fully saturated rings. The Balaban J connectivity index is 1.64. The molecule has 0 bridgehead atoms. The average molecular weight is 311 g/mol. The van der Waals surface area contributed by atoms with Crippen LogP contribution in [0.25, 0.3) is 0 Å². The van der Waals surface area contributed by atoms with Crippen LogP contribution in [0, 0.1) is 11.8 Å². The van der Waals surface area contributed by atoms with E-state index in [-0.39, 0.29) is 12.6 Å². The van der Waals surface area contributed by atoms with Crippen molar-refractivity contribution in [2.45, 2.75) is 51.5 Å². The lowest BCUT2D eigenvalue weighted by Gasteiger charge is -2.34. The summed E-state index contributed by atoms with van der Waals surface area (Å²) in [6.07, 6.45) is 6.71. The van der Waals surface area contributed by atoms with Crippen molar-refractivity contribution in [2.24, 2.45) is 11.8 Å². The highest BCUT2D eigenvalue weighted by Gasteiger charge is 2.26. The number of likely N-dealkylation sites (tertiary alicyclic amines) is 1. The second-order valence-electron chi connectivity index (χ2n) is 7.25. The van der Waals surface area contributed by atoms with Crippen molar-refractivity contribution < 1.29 is 9.90 Å². The van der Waals surface area contributed by atoms with Gasteiger partial charge in [0.2, 0.25) is 0 Å². The van der Waals surface area contributed by atoms with E-state index in [0.717, 1.165) is 51.2 Å². The number of carbonyl (C=O) groups is 1. The summed E-state index contributed by atoms with van der Waals surface area (Å²) in [6.45, 7) is 6.62. The molecule has 0 radical (unpaired) electrons. The third-order valence-electron chi connectivity index (χ3n) is 5.39. The molecule has 0 aromatic rings. The van der Waals surface area contributed by atoms with Crippen LogP contribution in [0.15, 0.2) is 0 Å². The summed E-state index contributed by atoms with van der Waals surface area (Å²) < 4.78 is 0.